The van der Waals surface area contributed by atoms with Crippen LogP contribution in [0.1, 0.15) is 18.2 Å². The van der Waals surface area contributed by atoms with Gasteiger partial charge in [0.15, 0.2) is 0 Å². The third-order valence-electron chi connectivity index (χ3n) is 2.63. The van der Waals surface area contributed by atoms with Crippen molar-refractivity contribution in [3.05, 3.63) is 47.8 Å². The number of aryl methyl sites for hydroxylation is 1. The van der Waals surface area contributed by atoms with E-state index in [1.54, 1.807) is 4.68 Å². The SMILES string of the molecule is CCNCc1cccc(OCc2ccn(C)n2)c1. The van der Waals surface area contributed by atoms with Gasteiger partial charge in [-0.15, -0.1) is 0 Å². The summed E-state index contributed by atoms with van der Waals surface area (Å²) in [7, 11) is 1.90. The lowest BCUT2D eigenvalue weighted by molar-refractivity contribution is 0.299. The Balaban J connectivity index is 1.92. The van der Waals surface area contributed by atoms with Crippen molar-refractivity contribution in [1.29, 1.82) is 0 Å². The van der Waals surface area contributed by atoms with E-state index in [4.69, 9.17) is 4.74 Å². The third-order valence-corrected chi connectivity index (χ3v) is 2.63. The van der Waals surface area contributed by atoms with Crippen molar-refractivity contribution in [1.82, 2.24) is 15.1 Å². The summed E-state index contributed by atoms with van der Waals surface area (Å²) in [6, 6.07) is 10.1. The Bertz CT molecular complexity index is 493. The highest BCUT2D eigenvalue weighted by molar-refractivity contribution is 5.28. The molecule has 0 saturated heterocycles. The molecule has 0 unspecified atom stereocenters. The van der Waals surface area contributed by atoms with E-state index in [9.17, 15) is 0 Å². The Morgan fingerprint density at radius 2 is 2.22 bits per heavy atom. The minimum Gasteiger partial charge on any atom is -0.487 e. The maximum absolute atomic E-state index is 5.72. The highest BCUT2D eigenvalue weighted by Crippen LogP contribution is 2.14. The first-order valence-corrected chi connectivity index (χ1v) is 6.19. The molecule has 1 aromatic heterocycles. The van der Waals surface area contributed by atoms with Crippen molar-refractivity contribution < 1.29 is 4.74 Å². The van der Waals surface area contributed by atoms with E-state index in [1.165, 1.54) is 5.56 Å². The summed E-state index contributed by atoms with van der Waals surface area (Å²) in [5.41, 5.74) is 2.17. The fourth-order valence-electron chi connectivity index (χ4n) is 1.71. The van der Waals surface area contributed by atoms with E-state index in [2.05, 4.69) is 29.5 Å². The molecule has 0 spiro atoms. The van der Waals surface area contributed by atoms with Crippen molar-refractivity contribution in [2.24, 2.45) is 7.05 Å². The second-order valence-electron chi connectivity index (χ2n) is 4.20. The van der Waals surface area contributed by atoms with Crippen LogP contribution in [0.3, 0.4) is 0 Å². The van der Waals surface area contributed by atoms with Crippen LogP contribution in [0.4, 0.5) is 0 Å². The summed E-state index contributed by atoms with van der Waals surface area (Å²) in [5, 5.41) is 7.57. The minimum atomic E-state index is 0.505. The molecule has 1 N–H and O–H groups in total. The number of nitrogens with zero attached hydrogens (tertiary/aromatic N) is 2. The van der Waals surface area contributed by atoms with Crippen LogP contribution in [0.5, 0.6) is 5.75 Å². The Labute approximate surface area is 108 Å². The highest BCUT2D eigenvalue weighted by Gasteiger charge is 2.00. The molecule has 0 aliphatic heterocycles. The van der Waals surface area contributed by atoms with Gasteiger partial charge in [-0.2, -0.15) is 5.10 Å². The topological polar surface area (TPSA) is 39.1 Å². The van der Waals surface area contributed by atoms with Gasteiger partial charge in [0.05, 0.1) is 5.69 Å². The molecular formula is C14H19N3O. The fourth-order valence-corrected chi connectivity index (χ4v) is 1.71. The molecule has 2 aromatic rings. The number of aromatic nitrogens is 2. The molecule has 1 heterocycles. The van der Waals surface area contributed by atoms with Crippen LogP contribution in [0.15, 0.2) is 36.5 Å². The molecule has 2 rings (SSSR count). The van der Waals surface area contributed by atoms with Crippen molar-refractivity contribution in [3.8, 4) is 5.75 Å². The minimum absolute atomic E-state index is 0.505. The van der Waals surface area contributed by atoms with Crippen LogP contribution in [-0.4, -0.2) is 16.3 Å². The normalized spacial score (nSPS) is 10.6. The Morgan fingerprint density at radius 3 is 2.94 bits per heavy atom. The molecule has 96 valence electrons. The molecule has 0 atom stereocenters. The Kier molecular flexibility index (Phi) is 4.36. The van der Waals surface area contributed by atoms with Crippen LogP contribution in [0.25, 0.3) is 0 Å². The molecule has 1 aromatic carbocycles. The van der Waals surface area contributed by atoms with E-state index in [0.29, 0.717) is 6.61 Å². The zero-order valence-electron chi connectivity index (χ0n) is 10.9. The van der Waals surface area contributed by atoms with Crippen molar-refractivity contribution >= 4 is 0 Å². The largest absolute Gasteiger partial charge is 0.487 e. The van der Waals surface area contributed by atoms with E-state index in [0.717, 1.165) is 24.5 Å². The molecule has 0 aliphatic rings. The average molecular weight is 245 g/mol. The van der Waals surface area contributed by atoms with Gasteiger partial charge in [0.25, 0.3) is 0 Å². The van der Waals surface area contributed by atoms with Crippen LogP contribution in [-0.2, 0) is 20.2 Å². The third kappa shape index (κ3) is 3.60. The van der Waals surface area contributed by atoms with E-state index in [-0.39, 0.29) is 0 Å². The molecular weight excluding hydrogens is 226 g/mol. The van der Waals surface area contributed by atoms with Gasteiger partial charge < -0.3 is 10.1 Å². The Morgan fingerprint density at radius 1 is 1.33 bits per heavy atom. The summed E-state index contributed by atoms with van der Waals surface area (Å²) in [4.78, 5) is 0. The van der Waals surface area contributed by atoms with E-state index in [1.807, 2.05) is 31.4 Å². The van der Waals surface area contributed by atoms with Crippen LogP contribution in [0, 0.1) is 0 Å². The van der Waals surface area contributed by atoms with E-state index < -0.39 is 0 Å². The summed E-state index contributed by atoms with van der Waals surface area (Å²) in [5.74, 6) is 0.885. The number of hydrogen-bond acceptors (Lipinski definition) is 3. The van der Waals surface area contributed by atoms with Gasteiger partial charge >= 0.3 is 0 Å². The summed E-state index contributed by atoms with van der Waals surface area (Å²) in [6.45, 7) is 4.45. The Hall–Kier alpha value is -1.81. The molecule has 0 aliphatic carbocycles. The van der Waals surface area contributed by atoms with Crippen LogP contribution in [0.2, 0.25) is 0 Å². The molecule has 4 nitrogen and oxygen atoms in total. The quantitative estimate of drug-likeness (QED) is 0.847. The highest BCUT2D eigenvalue weighted by atomic mass is 16.5. The molecule has 0 bridgehead atoms. The first kappa shape index (κ1) is 12.6. The predicted molar refractivity (Wildman–Crippen MR) is 71.4 cm³/mol. The summed E-state index contributed by atoms with van der Waals surface area (Å²) < 4.78 is 7.50. The number of ether oxygens (including phenoxy) is 1. The lowest BCUT2D eigenvalue weighted by Gasteiger charge is -2.07. The first-order valence-electron chi connectivity index (χ1n) is 6.19. The van der Waals surface area contributed by atoms with Crippen molar-refractivity contribution in [2.75, 3.05) is 6.54 Å². The van der Waals surface area contributed by atoms with Gasteiger partial charge in [0.1, 0.15) is 12.4 Å². The standard InChI is InChI=1S/C14H19N3O/c1-3-15-10-12-5-4-6-14(9-12)18-11-13-7-8-17(2)16-13/h4-9,15H,3,10-11H2,1-2H3. The van der Waals surface area contributed by atoms with Gasteiger partial charge in [-0.1, -0.05) is 19.1 Å². The lowest BCUT2D eigenvalue weighted by Crippen LogP contribution is -2.11. The fraction of sp³-hybridized carbons (Fsp3) is 0.357. The summed E-state index contributed by atoms with van der Waals surface area (Å²) in [6.07, 6.45) is 1.92. The molecule has 0 amide bonds. The van der Waals surface area contributed by atoms with E-state index >= 15 is 0 Å². The predicted octanol–water partition coefficient (Wildman–Crippen LogP) is 2.11. The molecule has 0 saturated carbocycles. The number of hydrogen-bond donors (Lipinski definition) is 1. The smallest absolute Gasteiger partial charge is 0.132 e. The maximum Gasteiger partial charge on any atom is 0.132 e. The van der Waals surface area contributed by atoms with Gasteiger partial charge in [-0.05, 0) is 30.3 Å². The average Bonchev–Trinajstić information content (AvgIpc) is 2.80. The summed E-state index contributed by atoms with van der Waals surface area (Å²) >= 11 is 0. The maximum atomic E-state index is 5.72. The number of benzene rings is 1. The zero-order chi connectivity index (χ0) is 12.8. The van der Waals surface area contributed by atoms with Crippen LogP contribution >= 0.6 is 0 Å². The molecule has 0 radical (unpaired) electrons. The zero-order valence-corrected chi connectivity index (χ0v) is 10.9. The molecule has 0 fully saturated rings. The van der Waals surface area contributed by atoms with Gasteiger partial charge in [0.2, 0.25) is 0 Å². The number of nitrogens with one attached hydrogen (secondary N) is 1. The van der Waals surface area contributed by atoms with Gasteiger partial charge in [-0.25, -0.2) is 0 Å². The van der Waals surface area contributed by atoms with Crippen molar-refractivity contribution in [2.45, 2.75) is 20.1 Å². The second-order valence-corrected chi connectivity index (χ2v) is 4.20. The number of rotatable bonds is 6. The molecule has 4 heteroatoms. The lowest BCUT2D eigenvalue weighted by atomic mass is 10.2. The first-order chi connectivity index (χ1) is 8.78. The van der Waals surface area contributed by atoms with Crippen LogP contribution < -0.4 is 10.1 Å². The second kappa shape index (κ2) is 6.21. The van der Waals surface area contributed by atoms with Gasteiger partial charge in [0, 0.05) is 19.8 Å². The monoisotopic (exact) mass is 245 g/mol. The van der Waals surface area contributed by atoms with Crippen molar-refractivity contribution in [3.63, 3.8) is 0 Å². The van der Waals surface area contributed by atoms with Gasteiger partial charge in [-0.3, -0.25) is 4.68 Å². The molecule has 18 heavy (non-hydrogen) atoms.